The van der Waals surface area contributed by atoms with Crippen molar-refractivity contribution in [1.29, 1.82) is 0 Å². The van der Waals surface area contributed by atoms with Gasteiger partial charge in [0.05, 0.1) is 41.5 Å². The number of anilines is 2. The van der Waals surface area contributed by atoms with E-state index >= 15 is 0 Å². The number of benzene rings is 3. The van der Waals surface area contributed by atoms with Gasteiger partial charge in [-0.15, -0.1) is 0 Å². The van der Waals surface area contributed by atoms with Crippen LogP contribution in [0.1, 0.15) is 31.8 Å². The molecule has 0 aromatic heterocycles. The SMILES string of the molecule is COC(=O)c1cc(NC(=O)CN(c2cccc(C(F)(F)F)c2)S(=O)(=O)c2ccc(C)cc2)cc(C(=O)OC)c1. The van der Waals surface area contributed by atoms with Crippen molar-refractivity contribution in [2.75, 3.05) is 30.4 Å². The number of hydrogen-bond acceptors (Lipinski definition) is 7. The molecule has 0 aliphatic carbocycles. The highest BCUT2D eigenvalue weighted by molar-refractivity contribution is 7.92. The number of carbonyl (C=O) groups excluding carboxylic acids is 3. The minimum atomic E-state index is -4.77. The highest BCUT2D eigenvalue weighted by Crippen LogP contribution is 2.33. The van der Waals surface area contributed by atoms with Gasteiger partial charge in [0.15, 0.2) is 0 Å². The van der Waals surface area contributed by atoms with E-state index in [0.29, 0.717) is 10.4 Å². The van der Waals surface area contributed by atoms with Crippen molar-refractivity contribution in [2.45, 2.75) is 18.0 Å². The number of sulfonamides is 1. The summed E-state index contributed by atoms with van der Waals surface area (Å²) in [6, 6.07) is 12.6. The molecule has 13 heteroatoms. The van der Waals surface area contributed by atoms with Crippen LogP contribution in [-0.4, -0.2) is 47.0 Å². The van der Waals surface area contributed by atoms with Crippen LogP contribution in [0.5, 0.6) is 0 Å². The van der Waals surface area contributed by atoms with Gasteiger partial charge >= 0.3 is 18.1 Å². The Bertz CT molecular complexity index is 1470. The number of hydrogen-bond donors (Lipinski definition) is 1. The van der Waals surface area contributed by atoms with E-state index in [0.717, 1.165) is 38.0 Å². The first-order chi connectivity index (χ1) is 18.3. The minimum absolute atomic E-state index is 0.0833. The van der Waals surface area contributed by atoms with E-state index in [2.05, 4.69) is 14.8 Å². The Morgan fingerprint density at radius 3 is 1.95 bits per heavy atom. The molecule has 0 fully saturated rings. The lowest BCUT2D eigenvalue weighted by Gasteiger charge is -2.25. The fourth-order valence-electron chi connectivity index (χ4n) is 3.49. The largest absolute Gasteiger partial charge is 0.465 e. The number of rotatable bonds is 8. The van der Waals surface area contributed by atoms with Crippen molar-refractivity contribution >= 4 is 39.2 Å². The van der Waals surface area contributed by atoms with Crippen LogP contribution in [0.3, 0.4) is 0 Å². The molecule has 0 spiro atoms. The molecule has 9 nitrogen and oxygen atoms in total. The molecule has 0 aliphatic heterocycles. The fraction of sp³-hybridized carbons (Fsp3) is 0.192. The van der Waals surface area contributed by atoms with Crippen LogP contribution in [-0.2, 0) is 30.5 Å². The summed E-state index contributed by atoms with van der Waals surface area (Å²) in [4.78, 5) is 36.9. The number of carbonyl (C=O) groups is 3. The van der Waals surface area contributed by atoms with Gasteiger partial charge in [0.2, 0.25) is 5.91 Å². The lowest BCUT2D eigenvalue weighted by atomic mass is 10.1. The van der Waals surface area contributed by atoms with Crippen LogP contribution < -0.4 is 9.62 Å². The average Bonchev–Trinajstić information content (AvgIpc) is 2.90. The van der Waals surface area contributed by atoms with Crippen LogP contribution in [0.15, 0.2) is 71.6 Å². The second-order valence-electron chi connectivity index (χ2n) is 8.20. The molecule has 3 aromatic carbocycles. The molecule has 0 atom stereocenters. The van der Waals surface area contributed by atoms with Gasteiger partial charge in [-0.2, -0.15) is 13.2 Å². The number of alkyl halides is 3. The second-order valence-corrected chi connectivity index (χ2v) is 10.1. The minimum Gasteiger partial charge on any atom is -0.465 e. The molecule has 0 radical (unpaired) electrons. The van der Waals surface area contributed by atoms with Crippen molar-refractivity contribution in [1.82, 2.24) is 0 Å². The van der Waals surface area contributed by atoms with Gasteiger partial charge in [0.1, 0.15) is 6.54 Å². The summed E-state index contributed by atoms with van der Waals surface area (Å²) in [5.74, 6) is -2.63. The smallest absolute Gasteiger partial charge is 0.416 e. The summed E-state index contributed by atoms with van der Waals surface area (Å²) in [7, 11) is -2.30. The van der Waals surface area contributed by atoms with E-state index < -0.39 is 51.8 Å². The van der Waals surface area contributed by atoms with Gasteiger partial charge in [-0.25, -0.2) is 18.0 Å². The van der Waals surface area contributed by atoms with E-state index in [1.807, 2.05) is 0 Å². The number of esters is 2. The lowest BCUT2D eigenvalue weighted by Crippen LogP contribution is -2.38. The van der Waals surface area contributed by atoms with Crippen LogP contribution in [0.2, 0.25) is 0 Å². The third-order valence-electron chi connectivity index (χ3n) is 5.42. The van der Waals surface area contributed by atoms with E-state index in [1.165, 1.54) is 42.5 Å². The Morgan fingerprint density at radius 1 is 0.872 bits per heavy atom. The summed E-state index contributed by atoms with van der Waals surface area (Å²) >= 11 is 0. The molecule has 3 rings (SSSR count). The zero-order valence-electron chi connectivity index (χ0n) is 20.9. The monoisotopic (exact) mass is 564 g/mol. The quantitative estimate of drug-likeness (QED) is 0.403. The zero-order valence-corrected chi connectivity index (χ0v) is 21.7. The van der Waals surface area contributed by atoms with Gasteiger partial charge in [0.25, 0.3) is 10.0 Å². The Balaban J connectivity index is 2.04. The Labute approximate surface area is 222 Å². The van der Waals surface area contributed by atoms with E-state index in [-0.39, 0.29) is 21.7 Å². The lowest BCUT2D eigenvalue weighted by molar-refractivity contribution is -0.137. The third-order valence-corrected chi connectivity index (χ3v) is 7.20. The molecule has 0 heterocycles. The Kier molecular flexibility index (Phi) is 8.64. The molecular formula is C26H23F3N2O7S. The van der Waals surface area contributed by atoms with Gasteiger partial charge in [0, 0.05) is 5.69 Å². The molecule has 39 heavy (non-hydrogen) atoms. The van der Waals surface area contributed by atoms with E-state index in [1.54, 1.807) is 6.92 Å². The highest BCUT2D eigenvalue weighted by Gasteiger charge is 2.33. The van der Waals surface area contributed by atoms with E-state index in [9.17, 15) is 36.0 Å². The predicted molar refractivity (Wildman–Crippen MR) is 135 cm³/mol. The van der Waals surface area contributed by atoms with Crippen LogP contribution in [0, 0.1) is 6.92 Å². The first-order valence-electron chi connectivity index (χ1n) is 11.1. The summed E-state index contributed by atoms with van der Waals surface area (Å²) in [5.41, 5.74) is -1.09. The summed E-state index contributed by atoms with van der Waals surface area (Å²) in [5, 5.41) is 2.38. The topological polar surface area (TPSA) is 119 Å². The normalized spacial score (nSPS) is 11.4. The van der Waals surface area contributed by atoms with Gasteiger partial charge in [-0.3, -0.25) is 9.10 Å². The van der Waals surface area contributed by atoms with Crippen molar-refractivity contribution in [3.05, 3.63) is 89.0 Å². The average molecular weight is 565 g/mol. The second kappa shape index (κ2) is 11.6. The standard InChI is InChI=1S/C26H23F3N2O7S/c1-16-7-9-22(10-8-16)39(35,36)31(21-6-4-5-19(14-21)26(27,28)29)15-23(32)30-20-12-17(24(33)37-2)11-18(13-20)25(34)38-3/h4-14H,15H2,1-3H3,(H,30,32). The van der Waals surface area contributed by atoms with E-state index in [4.69, 9.17) is 0 Å². The van der Waals surface area contributed by atoms with Gasteiger partial charge < -0.3 is 14.8 Å². The molecule has 206 valence electrons. The maximum absolute atomic E-state index is 13.5. The van der Waals surface area contributed by atoms with Crippen molar-refractivity contribution in [3.63, 3.8) is 0 Å². The number of nitrogens with zero attached hydrogens (tertiary/aromatic N) is 1. The summed E-state index contributed by atoms with van der Waals surface area (Å²) in [6.07, 6.45) is -4.77. The van der Waals surface area contributed by atoms with Crippen molar-refractivity contribution < 1.29 is 45.4 Å². The number of amides is 1. The summed E-state index contributed by atoms with van der Waals surface area (Å²) < 4.78 is 77.0. The Hall–Kier alpha value is -4.39. The number of ether oxygens (including phenoxy) is 2. The fourth-order valence-corrected chi connectivity index (χ4v) is 4.90. The third kappa shape index (κ3) is 6.93. The predicted octanol–water partition coefficient (Wildman–Crippen LogP) is 4.42. The maximum atomic E-state index is 13.5. The van der Waals surface area contributed by atoms with Gasteiger partial charge in [-0.1, -0.05) is 23.8 Å². The van der Waals surface area contributed by atoms with Crippen LogP contribution in [0.4, 0.5) is 24.5 Å². The molecule has 1 N–H and O–H groups in total. The Morgan fingerprint density at radius 2 is 1.44 bits per heavy atom. The first-order valence-corrected chi connectivity index (χ1v) is 12.6. The molecule has 1 amide bonds. The number of halogens is 3. The molecule has 0 saturated carbocycles. The zero-order chi connectivity index (χ0) is 29.0. The van der Waals surface area contributed by atoms with Crippen LogP contribution in [0.25, 0.3) is 0 Å². The number of nitrogens with one attached hydrogen (secondary N) is 1. The molecular weight excluding hydrogens is 541 g/mol. The molecule has 0 aliphatic rings. The molecule has 0 bridgehead atoms. The maximum Gasteiger partial charge on any atom is 0.416 e. The number of aryl methyl sites for hydroxylation is 1. The van der Waals surface area contributed by atoms with Crippen molar-refractivity contribution in [3.8, 4) is 0 Å². The molecule has 0 unspecified atom stereocenters. The molecule has 3 aromatic rings. The molecule has 0 saturated heterocycles. The first kappa shape index (κ1) is 29.2. The number of methoxy groups -OCH3 is 2. The van der Waals surface area contributed by atoms with Crippen molar-refractivity contribution in [2.24, 2.45) is 0 Å². The highest BCUT2D eigenvalue weighted by atomic mass is 32.2. The van der Waals surface area contributed by atoms with Gasteiger partial charge in [-0.05, 0) is 55.5 Å². The summed E-state index contributed by atoms with van der Waals surface area (Å²) in [6.45, 7) is 0.785. The van der Waals surface area contributed by atoms with Crippen LogP contribution >= 0.6 is 0 Å².